The fraction of sp³-hybridized carbons (Fsp3) is 0.240. The van der Waals surface area contributed by atoms with Crippen LogP contribution in [0.1, 0.15) is 21.5 Å². The van der Waals surface area contributed by atoms with E-state index >= 15 is 0 Å². The van der Waals surface area contributed by atoms with Gasteiger partial charge in [-0.05, 0) is 61.4 Å². The Morgan fingerprint density at radius 1 is 1.00 bits per heavy atom. The van der Waals surface area contributed by atoms with Crippen molar-refractivity contribution in [1.29, 1.82) is 0 Å². The molecule has 1 aliphatic rings. The van der Waals surface area contributed by atoms with Crippen LogP contribution in [-0.4, -0.2) is 41.9 Å². The fourth-order valence-corrected chi connectivity index (χ4v) is 5.16. The van der Waals surface area contributed by atoms with E-state index in [9.17, 15) is 14.9 Å². The summed E-state index contributed by atoms with van der Waals surface area (Å²) in [5.74, 6) is -0.182. The lowest BCUT2D eigenvalue weighted by Gasteiger charge is -2.37. The average Bonchev–Trinajstić information content (AvgIpc) is 2.81. The van der Waals surface area contributed by atoms with E-state index in [-0.39, 0.29) is 11.6 Å². The van der Waals surface area contributed by atoms with Crippen molar-refractivity contribution in [3.63, 3.8) is 0 Å². The summed E-state index contributed by atoms with van der Waals surface area (Å²) < 4.78 is 0. The highest BCUT2D eigenvalue weighted by molar-refractivity contribution is 7.99. The molecule has 8 heteroatoms. The lowest BCUT2D eigenvalue weighted by Crippen LogP contribution is -2.49. The summed E-state index contributed by atoms with van der Waals surface area (Å²) in [6.07, 6.45) is 0. The number of aryl methyl sites for hydroxylation is 1. The van der Waals surface area contributed by atoms with E-state index in [0.29, 0.717) is 28.6 Å². The van der Waals surface area contributed by atoms with Crippen molar-refractivity contribution in [2.75, 3.05) is 31.1 Å². The van der Waals surface area contributed by atoms with Crippen molar-refractivity contribution >= 4 is 40.6 Å². The molecule has 6 nitrogen and oxygen atoms in total. The number of halogens is 1. The monoisotopic (exact) mass is 481 g/mol. The molecule has 1 saturated heterocycles. The van der Waals surface area contributed by atoms with Crippen molar-refractivity contribution in [2.24, 2.45) is 0 Å². The highest BCUT2D eigenvalue weighted by atomic mass is 35.5. The molecule has 1 heterocycles. The number of nitro benzene ring substituents is 1. The molecule has 0 aromatic heterocycles. The van der Waals surface area contributed by atoms with E-state index in [1.807, 2.05) is 6.07 Å². The number of nitrogens with zero attached hydrogens (tertiary/aromatic N) is 3. The molecule has 4 rings (SSSR count). The Hall–Kier alpha value is -3.03. The Bertz CT molecular complexity index is 1210. The number of rotatable bonds is 5. The lowest BCUT2D eigenvalue weighted by atomic mass is 10.1. The average molecular weight is 482 g/mol. The van der Waals surface area contributed by atoms with Crippen LogP contribution < -0.4 is 4.90 Å². The van der Waals surface area contributed by atoms with Crippen LogP contribution in [0.4, 0.5) is 11.4 Å². The Labute approximate surface area is 202 Å². The molecule has 0 unspecified atom stereocenters. The molecular formula is C25H24ClN3O3S. The van der Waals surface area contributed by atoms with Gasteiger partial charge in [-0.3, -0.25) is 14.9 Å². The molecule has 0 N–H and O–H groups in total. The number of benzene rings is 3. The molecule has 3 aromatic rings. The van der Waals surface area contributed by atoms with Gasteiger partial charge in [-0.1, -0.05) is 41.6 Å². The summed E-state index contributed by atoms with van der Waals surface area (Å²) in [5.41, 5.74) is 3.94. The highest BCUT2D eigenvalue weighted by Gasteiger charge is 2.25. The molecule has 0 saturated carbocycles. The lowest BCUT2D eigenvalue weighted by molar-refractivity contribution is -0.387. The summed E-state index contributed by atoms with van der Waals surface area (Å²) in [5, 5.41) is 12.3. The topological polar surface area (TPSA) is 66.7 Å². The quantitative estimate of drug-likeness (QED) is 0.331. The van der Waals surface area contributed by atoms with E-state index in [4.69, 9.17) is 11.6 Å². The van der Waals surface area contributed by atoms with Crippen molar-refractivity contribution in [3.8, 4) is 0 Å². The second-order valence-corrected chi connectivity index (χ2v) is 9.55. The predicted molar refractivity (Wildman–Crippen MR) is 133 cm³/mol. The van der Waals surface area contributed by atoms with Gasteiger partial charge in [0.25, 0.3) is 11.6 Å². The number of hydrogen-bond donors (Lipinski definition) is 0. The van der Waals surface area contributed by atoms with Crippen LogP contribution in [0.3, 0.4) is 0 Å². The van der Waals surface area contributed by atoms with Crippen LogP contribution in [-0.2, 0) is 0 Å². The molecule has 0 radical (unpaired) electrons. The summed E-state index contributed by atoms with van der Waals surface area (Å²) in [7, 11) is 0. The number of anilines is 1. The van der Waals surface area contributed by atoms with Crippen LogP contribution in [0.2, 0.25) is 5.02 Å². The normalized spacial score (nSPS) is 13.8. The Morgan fingerprint density at radius 3 is 2.42 bits per heavy atom. The predicted octanol–water partition coefficient (Wildman–Crippen LogP) is 5.98. The maximum atomic E-state index is 13.1. The number of amides is 1. The zero-order chi connectivity index (χ0) is 23.5. The Morgan fingerprint density at radius 2 is 1.73 bits per heavy atom. The van der Waals surface area contributed by atoms with Crippen molar-refractivity contribution < 1.29 is 9.72 Å². The number of hydrogen-bond acceptors (Lipinski definition) is 5. The minimum atomic E-state index is -0.442. The van der Waals surface area contributed by atoms with Crippen LogP contribution in [0.25, 0.3) is 0 Å². The zero-order valence-electron chi connectivity index (χ0n) is 18.5. The van der Waals surface area contributed by atoms with Gasteiger partial charge < -0.3 is 9.80 Å². The van der Waals surface area contributed by atoms with Crippen molar-refractivity contribution in [1.82, 2.24) is 4.90 Å². The fourth-order valence-electron chi connectivity index (χ4n) is 3.95. The first kappa shape index (κ1) is 23.1. The number of carbonyl (C=O) groups is 1. The molecule has 0 spiro atoms. The molecule has 3 aromatic carbocycles. The summed E-state index contributed by atoms with van der Waals surface area (Å²) in [6.45, 7) is 6.80. The van der Waals surface area contributed by atoms with Gasteiger partial charge in [-0.25, -0.2) is 0 Å². The molecule has 33 heavy (non-hydrogen) atoms. The maximum Gasteiger partial charge on any atom is 0.284 e. The SMILES string of the molecule is Cc1cccc(N2CCN(C(=O)c3ccc(Sc4cccc(Cl)c4)c([N+](=O)[O-])c3)CC2)c1C. The first-order chi connectivity index (χ1) is 15.8. The standard InChI is InChI=1S/C25H24ClN3O3S/c1-17-5-3-8-22(18(17)2)27-11-13-28(14-12-27)25(30)19-9-10-24(23(15-19)29(31)32)33-21-7-4-6-20(26)16-21/h3-10,15-16H,11-14H2,1-2H3. The third kappa shape index (κ3) is 5.15. The molecule has 0 bridgehead atoms. The molecule has 1 aliphatic heterocycles. The summed E-state index contributed by atoms with van der Waals surface area (Å²) in [6, 6.07) is 18.1. The molecule has 1 amide bonds. The molecule has 170 valence electrons. The van der Waals surface area contributed by atoms with E-state index < -0.39 is 4.92 Å². The zero-order valence-corrected chi connectivity index (χ0v) is 20.0. The summed E-state index contributed by atoms with van der Waals surface area (Å²) in [4.78, 5) is 29.7. The Kier molecular flexibility index (Phi) is 6.91. The van der Waals surface area contributed by atoms with E-state index in [1.165, 1.54) is 34.6 Å². The van der Waals surface area contributed by atoms with Crippen LogP contribution in [0, 0.1) is 24.0 Å². The van der Waals surface area contributed by atoms with Crippen LogP contribution in [0.5, 0.6) is 0 Å². The third-order valence-electron chi connectivity index (χ3n) is 5.91. The number of nitro groups is 1. The number of piperazine rings is 1. The van der Waals surface area contributed by atoms with Crippen LogP contribution in [0.15, 0.2) is 70.5 Å². The third-order valence-corrected chi connectivity index (χ3v) is 7.20. The smallest absolute Gasteiger partial charge is 0.284 e. The van der Waals surface area contributed by atoms with Crippen molar-refractivity contribution in [3.05, 3.63) is 92.5 Å². The van der Waals surface area contributed by atoms with Gasteiger partial charge in [-0.15, -0.1) is 0 Å². The van der Waals surface area contributed by atoms with Crippen LogP contribution >= 0.6 is 23.4 Å². The van der Waals surface area contributed by atoms with Gasteiger partial charge in [0.15, 0.2) is 0 Å². The van der Waals surface area contributed by atoms with Gasteiger partial charge in [-0.2, -0.15) is 0 Å². The molecule has 1 fully saturated rings. The second kappa shape index (κ2) is 9.85. The van der Waals surface area contributed by atoms with Crippen molar-refractivity contribution in [2.45, 2.75) is 23.6 Å². The second-order valence-electron chi connectivity index (χ2n) is 8.00. The molecule has 0 atom stereocenters. The summed E-state index contributed by atoms with van der Waals surface area (Å²) >= 11 is 7.29. The Balaban J connectivity index is 1.49. The van der Waals surface area contributed by atoms with E-state index in [2.05, 4.69) is 36.9 Å². The molecule has 0 aliphatic carbocycles. The first-order valence-electron chi connectivity index (χ1n) is 10.7. The van der Waals surface area contributed by atoms with Gasteiger partial charge >= 0.3 is 0 Å². The molecular weight excluding hydrogens is 458 g/mol. The highest BCUT2D eigenvalue weighted by Crippen LogP contribution is 2.36. The van der Waals surface area contributed by atoms with E-state index in [0.717, 1.165) is 18.0 Å². The van der Waals surface area contributed by atoms with E-state index in [1.54, 1.807) is 35.2 Å². The minimum Gasteiger partial charge on any atom is -0.368 e. The largest absolute Gasteiger partial charge is 0.368 e. The van der Waals surface area contributed by atoms with Gasteiger partial charge in [0.1, 0.15) is 0 Å². The van der Waals surface area contributed by atoms with Gasteiger partial charge in [0, 0.05) is 53.4 Å². The van der Waals surface area contributed by atoms with Gasteiger partial charge in [0.2, 0.25) is 0 Å². The van der Waals surface area contributed by atoms with Gasteiger partial charge in [0.05, 0.1) is 9.82 Å². The first-order valence-corrected chi connectivity index (χ1v) is 11.9. The number of carbonyl (C=O) groups excluding carboxylic acids is 1. The minimum absolute atomic E-state index is 0.0835. The maximum absolute atomic E-state index is 13.1.